The average Bonchev–Trinajstić information content (AvgIpc) is 3.40. The Labute approximate surface area is 189 Å². The van der Waals surface area contributed by atoms with Crippen molar-refractivity contribution in [3.63, 3.8) is 0 Å². The first-order valence-corrected chi connectivity index (χ1v) is 12.4. The van der Waals surface area contributed by atoms with E-state index in [4.69, 9.17) is 16.1 Å². The van der Waals surface area contributed by atoms with Gasteiger partial charge in [0.25, 0.3) is 0 Å². The SMILES string of the molecule is CCN(CC)S(=O)(=O)c1ccc2nnc(SCc3cc(-c4ccc(Cl)cc4)no3)n2c1. The Morgan fingerprint density at radius 2 is 1.84 bits per heavy atom. The van der Waals surface area contributed by atoms with Crippen molar-refractivity contribution in [2.45, 2.75) is 29.7 Å². The zero-order valence-electron chi connectivity index (χ0n) is 16.9. The first-order valence-electron chi connectivity index (χ1n) is 9.61. The Kier molecular flexibility index (Phi) is 6.33. The van der Waals surface area contributed by atoms with E-state index in [0.29, 0.717) is 46.1 Å². The number of fused-ring (bicyclic) bond motifs is 1. The number of pyridine rings is 1. The Balaban J connectivity index is 1.55. The molecule has 8 nitrogen and oxygen atoms in total. The first-order chi connectivity index (χ1) is 14.9. The molecule has 0 aliphatic carbocycles. The second kappa shape index (κ2) is 8.99. The van der Waals surface area contributed by atoms with Gasteiger partial charge >= 0.3 is 0 Å². The third kappa shape index (κ3) is 4.47. The molecule has 1 aromatic carbocycles. The molecular formula is C20H20ClN5O3S2. The largest absolute Gasteiger partial charge is 0.360 e. The number of rotatable bonds is 8. The Morgan fingerprint density at radius 3 is 2.55 bits per heavy atom. The summed E-state index contributed by atoms with van der Waals surface area (Å²) < 4.78 is 34.2. The summed E-state index contributed by atoms with van der Waals surface area (Å²) in [6.07, 6.45) is 1.56. The number of hydrogen-bond donors (Lipinski definition) is 0. The molecule has 0 aliphatic rings. The van der Waals surface area contributed by atoms with Crippen molar-refractivity contribution in [1.82, 2.24) is 24.1 Å². The van der Waals surface area contributed by atoms with E-state index in [9.17, 15) is 8.42 Å². The van der Waals surface area contributed by atoms with E-state index in [2.05, 4.69) is 15.4 Å². The van der Waals surface area contributed by atoms with Crippen molar-refractivity contribution in [1.29, 1.82) is 0 Å². The summed E-state index contributed by atoms with van der Waals surface area (Å²) in [5.74, 6) is 1.13. The summed E-state index contributed by atoms with van der Waals surface area (Å²) in [5, 5.41) is 13.6. The zero-order valence-corrected chi connectivity index (χ0v) is 19.3. The molecule has 0 spiro atoms. The van der Waals surface area contributed by atoms with Crippen LogP contribution in [0.3, 0.4) is 0 Å². The van der Waals surface area contributed by atoms with Crippen molar-refractivity contribution in [2.75, 3.05) is 13.1 Å². The van der Waals surface area contributed by atoms with Crippen LogP contribution in [0, 0.1) is 0 Å². The number of halogens is 1. The van der Waals surface area contributed by atoms with Crippen LogP contribution in [0.5, 0.6) is 0 Å². The van der Waals surface area contributed by atoms with Crippen molar-refractivity contribution >= 4 is 39.0 Å². The second-order valence-corrected chi connectivity index (χ2v) is 9.96. The highest BCUT2D eigenvalue weighted by atomic mass is 35.5. The maximum absolute atomic E-state index is 12.8. The minimum atomic E-state index is -3.58. The number of thioether (sulfide) groups is 1. The first kappa shape index (κ1) is 21.8. The normalized spacial score (nSPS) is 12.1. The monoisotopic (exact) mass is 477 g/mol. The second-order valence-electron chi connectivity index (χ2n) is 6.64. The van der Waals surface area contributed by atoms with E-state index in [1.807, 2.05) is 32.0 Å². The van der Waals surface area contributed by atoms with Crippen LogP contribution >= 0.6 is 23.4 Å². The minimum absolute atomic E-state index is 0.204. The molecule has 3 aromatic heterocycles. The van der Waals surface area contributed by atoms with Gasteiger partial charge in [0.2, 0.25) is 10.0 Å². The molecule has 3 heterocycles. The number of benzene rings is 1. The third-order valence-corrected chi connectivity index (χ3v) is 7.98. The molecular weight excluding hydrogens is 458 g/mol. The summed E-state index contributed by atoms with van der Waals surface area (Å²) in [4.78, 5) is 0.204. The van der Waals surface area contributed by atoms with E-state index >= 15 is 0 Å². The predicted octanol–water partition coefficient (Wildman–Crippen LogP) is 4.36. The summed E-state index contributed by atoms with van der Waals surface area (Å²) in [6.45, 7) is 4.44. The van der Waals surface area contributed by atoms with E-state index in [0.717, 1.165) is 5.56 Å². The predicted molar refractivity (Wildman–Crippen MR) is 120 cm³/mol. The smallest absolute Gasteiger partial charge is 0.244 e. The Morgan fingerprint density at radius 1 is 1.10 bits per heavy atom. The highest BCUT2D eigenvalue weighted by Crippen LogP contribution is 2.27. The number of nitrogens with zero attached hydrogens (tertiary/aromatic N) is 5. The molecule has 0 amide bonds. The summed E-state index contributed by atoms with van der Waals surface area (Å²) >= 11 is 7.32. The van der Waals surface area contributed by atoms with Crippen molar-refractivity contribution < 1.29 is 12.9 Å². The van der Waals surface area contributed by atoms with Crippen molar-refractivity contribution in [2.24, 2.45) is 0 Å². The van der Waals surface area contributed by atoms with Gasteiger partial charge in [-0.2, -0.15) is 4.31 Å². The molecule has 0 N–H and O–H groups in total. The van der Waals surface area contributed by atoms with Gasteiger partial charge in [-0.3, -0.25) is 4.40 Å². The zero-order chi connectivity index (χ0) is 22.0. The fraction of sp³-hybridized carbons (Fsp3) is 0.250. The summed E-state index contributed by atoms with van der Waals surface area (Å²) in [6, 6.07) is 12.4. The lowest BCUT2D eigenvalue weighted by molar-refractivity contribution is 0.397. The molecule has 0 fully saturated rings. The van der Waals surface area contributed by atoms with E-state index in [1.165, 1.54) is 16.1 Å². The molecule has 31 heavy (non-hydrogen) atoms. The van der Waals surface area contributed by atoms with Gasteiger partial charge in [-0.25, -0.2) is 8.42 Å². The van der Waals surface area contributed by atoms with Gasteiger partial charge in [0.1, 0.15) is 11.5 Å². The molecule has 11 heteroatoms. The van der Waals surface area contributed by atoms with E-state index in [1.54, 1.807) is 34.9 Å². The maximum Gasteiger partial charge on any atom is 0.244 e. The maximum atomic E-state index is 12.8. The number of hydrogen-bond acceptors (Lipinski definition) is 7. The molecule has 0 aliphatic heterocycles. The van der Waals surface area contributed by atoms with Crippen molar-refractivity contribution in [3.8, 4) is 11.3 Å². The lowest BCUT2D eigenvalue weighted by atomic mass is 10.1. The van der Waals surface area contributed by atoms with Crippen LogP contribution in [0.1, 0.15) is 19.6 Å². The summed E-state index contributed by atoms with van der Waals surface area (Å²) in [7, 11) is -3.58. The van der Waals surface area contributed by atoms with Crippen LogP contribution in [0.25, 0.3) is 16.9 Å². The molecule has 0 bridgehead atoms. The van der Waals surface area contributed by atoms with Crippen LogP contribution in [0.15, 0.2) is 63.2 Å². The number of sulfonamides is 1. The van der Waals surface area contributed by atoms with Gasteiger partial charge in [0, 0.05) is 35.9 Å². The third-order valence-electron chi connectivity index (χ3n) is 4.73. The van der Waals surface area contributed by atoms with Gasteiger partial charge in [-0.15, -0.1) is 10.2 Å². The van der Waals surface area contributed by atoms with Crippen molar-refractivity contribution in [3.05, 3.63) is 59.4 Å². The lowest BCUT2D eigenvalue weighted by Gasteiger charge is -2.18. The highest BCUT2D eigenvalue weighted by Gasteiger charge is 2.23. The van der Waals surface area contributed by atoms with Crippen LogP contribution in [0.4, 0.5) is 0 Å². The van der Waals surface area contributed by atoms with Gasteiger partial charge < -0.3 is 4.52 Å². The number of aromatic nitrogens is 4. The molecule has 0 saturated heterocycles. The molecule has 162 valence electrons. The standard InChI is InChI=1S/C20H20ClN5O3S2/c1-3-25(4-2)31(27,28)17-9-10-19-22-23-20(26(19)12-17)30-13-16-11-18(24-29-16)14-5-7-15(21)8-6-14/h5-12H,3-4,13H2,1-2H3. The Hall–Kier alpha value is -2.40. The molecule has 0 radical (unpaired) electrons. The van der Waals surface area contributed by atoms with Crippen LogP contribution < -0.4 is 0 Å². The van der Waals surface area contributed by atoms with E-state index < -0.39 is 10.0 Å². The summed E-state index contributed by atoms with van der Waals surface area (Å²) in [5.41, 5.74) is 2.19. The highest BCUT2D eigenvalue weighted by molar-refractivity contribution is 7.98. The molecule has 0 unspecified atom stereocenters. The van der Waals surface area contributed by atoms with Crippen LogP contribution in [-0.2, 0) is 15.8 Å². The molecule has 4 rings (SSSR count). The molecule has 0 saturated carbocycles. The topological polar surface area (TPSA) is 93.6 Å². The Bertz CT molecular complexity index is 1300. The molecule has 4 aromatic rings. The van der Waals surface area contributed by atoms with Gasteiger partial charge in [-0.1, -0.05) is 54.5 Å². The quantitative estimate of drug-likeness (QED) is 0.348. The fourth-order valence-electron chi connectivity index (χ4n) is 3.09. The van der Waals surface area contributed by atoms with E-state index in [-0.39, 0.29) is 4.90 Å². The van der Waals surface area contributed by atoms with Gasteiger partial charge in [-0.05, 0) is 24.3 Å². The van der Waals surface area contributed by atoms with Gasteiger partial charge in [0.15, 0.2) is 10.8 Å². The van der Waals surface area contributed by atoms with Gasteiger partial charge in [0.05, 0.1) is 10.6 Å². The average molecular weight is 478 g/mol. The minimum Gasteiger partial charge on any atom is -0.360 e. The van der Waals surface area contributed by atoms with Crippen LogP contribution in [-0.4, -0.2) is 45.6 Å². The van der Waals surface area contributed by atoms with Crippen LogP contribution in [0.2, 0.25) is 5.02 Å². The fourth-order valence-corrected chi connectivity index (χ4v) is 5.46. The lowest BCUT2D eigenvalue weighted by Crippen LogP contribution is -2.30. The molecule has 0 atom stereocenters.